The summed E-state index contributed by atoms with van der Waals surface area (Å²) in [5, 5.41) is 14.7. The molecule has 7 nitrogen and oxygen atoms in total. The minimum atomic E-state index is -0.662. The van der Waals surface area contributed by atoms with Gasteiger partial charge in [-0.3, -0.25) is 15.0 Å². The maximum atomic E-state index is 12.8. The number of hydrogen-bond acceptors (Lipinski definition) is 5. The molecule has 1 aliphatic rings. The Balaban J connectivity index is 2.15. The van der Waals surface area contributed by atoms with Crippen LogP contribution in [0.2, 0.25) is 0 Å². The first kappa shape index (κ1) is 20.9. The number of anilines is 1. The van der Waals surface area contributed by atoms with Crippen LogP contribution in [-0.4, -0.2) is 22.6 Å². The number of carbonyl (C=O) groups is 1. The Labute approximate surface area is 181 Å². The average molecular weight is 476 g/mol. The Morgan fingerprint density at radius 3 is 2.69 bits per heavy atom. The SMILES string of the molecule is CCOC(=O)C1=C(C)N(c2cccc(Br)c2)C(=S)NC1c1cccc([N+](=O)[O-])c1. The van der Waals surface area contributed by atoms with Crippen molar-refractivity contribution in [1.29, 1.82) is 0 Å². The molecule has 2 aromatic rings. The molecule has 0 bridgehead atoms. The molecule has 0 amide bonds. The predicted octanol–water partition coefficient (Wildman–Crippen LogP) is 4.63. The number of thiocarbonyl (C=S) groups is 1. The van der Waals surface area contributed by atoms with Gasteiger partial charge in [-0.2, -0.15) is 0 Å². The van der Waals surface area contributed by atoms with Crippen molar-refractivity contribution in [1.82, 2.24) is 5.32 Å². The van der Waals surface area contributed by atoms with Crippen LogP contribution in [0.25, 0.3) is 0 Å². The molecule has 2 aromatic carbocycles. The van der Waals surface area contributed by atoms with Crippen molar-refractivity contribution in [2.75, 3.05) is 11.5 Å². The fourth-order valence-corrected chi connectivity index (χ4v) is 3.96. The van der Waals surface area contributed by atoms with Crippen molar-refractivity contribution in [3.05, 3.63) is 80.0 Å². The lowest BCUT2D eigenvalue weighted by Gasteiger charge is -2.37. The van der Waals surface area contributed by atoms with Crippen LogP contribution in [0.5, 0.6) is 0 Å². The molecule has 150 valence electrons. The lowest BCUT2D eigenvalue weighted by molar-refractivity contribution is -0.384. The van der Waals surface area contributed by atoms with Gasteiger partial charge in [-0.25, -0.2) is 4.79 Å². The number of nitrogens with one attached hydrogen (secondary N) is 1. The molecule has 0 spiro atoms. The summed E-state index contributed by atoms with van der Waals surface area (Å²) < 4.78 is 6.14. The highest BCUT2D eigenvalue weighted by atomic mass is 79.9. The van der Waals surface area contributed by atoms with Crippen molar-refractivity contribution in [3.8, 4) is 0 Å². The molecule has 1 aliphatic heterocycles. The van der Waals surface area contributed by atoms with Crippen LogP contribution in [0.15, 0.2) is 64.3 Å². The molecule has 0 saturated carbocycles. The smallest absolute Gasteiger partial charge is 0.338 e. The third-order valence-electron chi connectivity index (χ3n) is 4.46. The number of allylic oxidation sites excluding steroid dienone is 1. The Morgan fingerprint density at radius 1 is 1.31 bits per heavy atom. The molecule has 0 fully saturated rings. The van der Waals surface area contributed by atoms with E-state index in [2.05, 4.69) is 21.2 Å². The summed E-state index contributed by atoms with van der Waals surface area (Å²) in [6, 6.07) is 13.0. The van der Waals surface area contributed by atoms with E-state index in [0.717, 1.165) is 10.2 Å². The van der Waals surface area contributed by atoms with Gasteiger partial charge in [0.05, 0.1) is 23.1 Å². The summed E-state index contributed by atoms with van der Waals surface area (Å²) in [7, 11) is 0. The average Bonchev–Trinajstić information content (AvgIpc) is 2.67. The van der Waals surface area contributed by atoms with E-state index < -0.39 is 16.9 Å². The minimum Gasteiger partial charge on any atom is -0.463 e. The van der Waals surface area contributed by atoms with Gasteiger partial charge in [0.1, 0.15) is 0 Å². The minimum absolute atomic E-state index is 0.0644. The van der Waals surface area contributed by atoms with Crippen LogP contribution in [0.4, 0.5) is 11.4 Å². The second-order valence-corrected chi connectivity index (χ2v) is 7.57. The maximum Gasteiger partial charge on any atom is 0.338 e. The third-order valence-corrected chi connectivity index (χ3v) is 5.25. The van der Waals surface area contributed by atoms with Crippen LogP contribution in [0.1, 0.15) is 25.5 Å². The zero-order valence-corrected chi connectivity index (χ0v) is 18.1. The Bertz CT molecular complexity index is 1020. The van der Waals surface area contributed by atoms with Gasteiger partial charge in [-0.1, -0.05) is 34.1 Å². The van der Waals surface area contributed by atoms with Gasteiger partial charge >= 0.3 is 5.97 Å². The number of esters is 1. The van der Waals surface area contributed by atoms with Gasteiger partial charge in [-0.15, -0.1) is 0 Å². The molecule has 3 rings (SSSR count). The topological polar surface area (TPSA) is 84.7 Å². The van der Waals surface area contributed by atoms with Gasteiger partial charge in [0.2, 0.25) is 0 Å². The lowest BCUT2D eigenvalue weighted by atomic mass is 9.94. The van der Waals surface area contributed by atoms with Crippen LogP contribution in [0.3, 0.4) is 0 Å². The van der Waals surface area contributed by atoms with Crippen molar-refractivity contribution < 1.29 is 14.5 Å². The molecule has 1 atom stereocenters. The fraction of sp³-hybridized carbons (Fsp3) is 0.200. The maximum absolute atomic E-state index is 12.8. The van der Waals surface area contributed by atoms with E-state index in [0.29, 0.717) is 21.9 Å². The van der Waals surface area contributed by atoms with Crippen LogP contribution < -0.4 is 10.2 Å². The number of nitro benzene ring substituents is 1. The van der Waals surface area contributed by atoms with Crippen molar-refractivity contribution in [2.24, 2.45) is 0 Å². The molecule has 0 aromatic heterocycles. The number of nitro groups is 1. The standard InChI is InChI=1S/C20H18BrN3O4S/c1-3-28-19(25)17-12(2)23(15-8-5-7-14(21)11-15)20(29)22-18(17)13-6-4-9-16(10-13)24(26)27/h4-11,18H,3H2,1-2H3,(H,22,29). The largest absolute Gasteiger partial charge is 0.463 e. The zero-order valence-electron chi connectivity index (χ0n) is 15.7. The molecule has 0 aliphatic carbocycles. The van der Waals surface area contributed by atoms with E-state index in [1.165, 1.54) is 12.1 Å². The normalized spacial score (nSPS) is 16.4. The quantitative estimate of drug-likeness (QED) is 0.292. The lowest BCUT2D eigenvalue weighted by Crippen LogP contribution is -2.48. The van der Waals surface area contributed by atoms with E-state index in [4.69, 9.17) is 17.0 Å². The third kappa shape index (κ3) is 4.30. The van der Waals surface area contributed by atoms with E-state index in [-0.39, 0.29) is 12.3 Å². The Morgan fingerprint density at radius 2 is 2.03 bits per heavy atom. The second kappa shape index (κ2) is 8.71. The first-order valence-corrected chi connectivity index (χ1v) is 10.0. The van der Waals surface area contributed by atoms with Crippen LogP contribution in [0, 0.1) is 10.1 Å². The van der Waals surface area contributed by atoms with E-state index in [1.807, 2.05) is 24.3 Å². The van der Waals surface area contributed by atoms with Gasteiger partial charge in [0, 0.05) is 28.0 Å². The molecule has 1 heterocycles. The molecule has 0 saturated heterocycles. The molecular weight excluding hydrogens is 458 g/mol. The summed E-state index contributed by atoms with van der Waals surface area (Å²) >= 11 is 9.02. The highest BCUT2D eigenvalue weighted by Gasteiger charge is 2.36. The number of non-ortho nitro benzene ring substituents is 1. The summed E-state index contributed by atoms with van der Waals surface area (Å²) in [4.78, 5) is 25.3. The van der Waals surface area contributed by atoms with Gasteiger partial charge in [0.15, 0.2) is 5.11 Å². The first-order chi connectivity index (χ1) is 13.8. The van der Waals surface area contributed by atoms with Gasteiger partial charge < -0.3 is 10.1 Å². The van der Waals surface area contributed by atoms with E-state index in [1.54, 1.807) is 30.9 Å². The van der Waals surface area contributed by atoms with E-state index in [9.17, 15) is 14.9 Å². The molecule has 1 N–H and O–H groups in total. The predicted molar refractivity (Wildman–Crippen MR) is 118 cm³/mol. The van der Waals surface area contributed by atoms with E-state index >= 15 is 0 Å². The molecule has 9 heteroatoms. The summed E-state index contributed by atoms with van der Waals surface area (Å²) in [6.07, 6.45) is 0. The van der Waals surface area contributed by atoms with Gasteiger partial charge in [0.25, 0.3) is 5.69 Å². The van der Waals surface area contributed by atoms with Gasteiger partial charge in [-0.05, 0) is 49.8 Å². The number of halogens is 1. The van der Waals surface area contributed by atoms with Crippen molar-refractivity contribution >= 4 is 50.6 Å². The molecule has 1 unspecified atom stereocenters. The zero-order chi connectivity index (χ0) is 21.1. The summed E-state index contributed by atoms with van der Waals surface area (Å²) in [6.45, 7) is 3.71. The summed E-state index contributed by atoms with van der Waals surface area (Å²) in [5.41, 5.74) is 2.21. The molecule has 29 heavy (non-hydrogen) atoms. The molecule has 0 radical (unpaired) electrons. The Kier molecular flexibility index (Phi) is 6.29. The number of carbonyl (C=O) groups excluding carboxylic acids is 1. The Hall–Kier alpha value is -2.78. The van der Waals surface area contributed by atoms with Crippen molar-refractivity contribution in [3.63, 3.8) is 0 Å². The monoisotopic (exact) mass is 475 g/mol. The number of nitrogens with zero attached hydrogens (tertiary/aromatic N) is 2. The number of hydrogen-bond donors (Lipinski definition) is 1. The highest BCUT2D eigenvalue weighted by molar-refractivity contribution is 9.10. The second-order valence-electron chi connectivity index (χ2n) is 6.27. The van der Waals surface area contributed by atoms with Crippen molar-refractivity contribution in [2.45, 2.75) is 19.9 Å². The number of ether oxygens (including phenoxy) is 1. The van der Waals surface area contributed by atoms with Crippen LogP contribution in [-0.2, 0) is 9.53 Å². The van der Waals surface area contributed by atoms with Crippen LogP contribution >= 0.6 is 28.1 Å². The summed E-state index contributed by atoms with van der Waals surface area (Å²) in [5.74, 6) is -0.503. The molecular formula is C20H18BrN3O4S. The highest BCUT2D eigenvalue weighted by Crippen LogP contribution is 2.35. The number of benzene rings is 2. The fourth-order valence-electron chi connectivity index (χ4n) is 3.21. The first-order valence-electron chi connectivity index (χ1n) is 8.82. The number of rotatable bonds is 5.